The van der Waals surface area contributed by atoms with Gasteiger partial charge < -0.3 is 4.90 Å². The summed E-state index contributed by atoms with van der Waals surface area (Å²) in [5, 5.41) is 0. The van der Waals surface area contributed by atoms with Crippen LogP contribution < -0.4 is 0 Å². The number of nitrogens with zero attached hydrogens (tertiary/aromatic N) is 2. The van der Waals surface area contributed by atoms with Gasteiger partial charge in [0.25, 0.3) is 0 Å². The quantitative estimate of drug-likeness (QED) is 0.723. The fourth-order valence-corrected chi connectivity index (χ4v) is 5.24. The number of hydrogen-bond acceptors (Lipinski definition) is 4. The Bertz CT molecular complexity index is 692. The van der Waals surface area contributed by atoms with Gasteiger partial charge in [0.2, 0.25) is 5.91 Å². The number of halogens is 1. The lowest BCUT2D eigenvalue weighted by molar-refractivity contribution is -0.132. The molecule has 25 heavy (non-hydrogen) atoms. The molecule has 7 heteroatoms. The Morgan fingerprint density at radius 3 is 2.24 bits per heavy atom. The Morgan fingerprint density at radius 1 is 1.04 bits per heavy atom. The van der Waals surface area contributed by atoms with E-state index >= 15 is 0 Å². The fraction of sp³-hybridized carbons (Fsp3) is 0.611. The van der Waals surface area contributed by atoms with Gasteiger partial charge in [-0.25, -0.2) is 8.42 Å². The van der Waals surface area contributed by atoms with Crippen molar-refractivity contribution < 1.29 is 13.2 Å². The SMILES string of the molecule is O=C(CCS(=O)(=O)c1ccc(Br)cc1)N1CCN(C2CCCC2)CC1. The second kappa shape index (κ2) is 8.18. The van der Waals surface area contributed by atoms with Crippen molar-refractivity contribution in [2.45, 2.75) is 43.0 Å². The first-order chi connectivity index (χ1) is 12.0. The molecule has 1 saturated carbocycles. The van der Waals surface area contributed by atoms with Crippen LogP contribution in [0.1, 0.15) is 32.1 Å². The number of amides is 1. The third-order valence-electron chi connectivity index (χ3n) is 5.27. The summed E-state index contributed by atoms with van der Waals surface area (Å²) in [6, 6.07) is 7.25. The van der Waals surface area contributed by atoms with Crippen molar-refractivity contribution in [2.75, 3.05) is 31.9 Å². The minimum Gasteiger partial charge on any atom is -0.340 e. The molecule has 5 nitrogen and oxygen atoms in total. The molecule has 3 rings (SSSR count). The Morgan fingerprint density at radius 2 is 1.64 bits per heavy atom. The summed E-state index contributed by atoms with van der Waals surface area (Å²) in [5.41, 5.74) is 0. The van der Waals surface area contributed by atoms with E-state index in [9.17, 15) is 13.2 Å². The molecule has 1 heterocycles. The van der Waals surface area contributed by atoms with E-state index in [4.69, 9.17) is 0 Å². The lowest BCUT2D eigenvalue weighted by atomic mass is 10.2. The van der Waals surface area contributed by atoms with Crippen molar-refractivity contribution in [2.24, 2.45) is 0 Å². The van der Waals surface area contributed by atoms with Gasteiger partial charge in [0.1, 0.15) is 0 Å². The lowest BCUT2D eigenvalue weighted by Crippen LogP contribution is -2.51. The van der Waals surface area contributed by atoms with Crippen LogP contribution in [0.3, 0.4) is 0 Å². The monoisotopic (exact) mass is 428 g/mol. The summed E-state index contributed by atoms with van der Waals surface area (Å²) in [5.74, 6) is -0.178. The highest BCUT2D eigenvalue weighted by atomic mass is 79.9. The molecule has 138 valence electrons. The van der Waals surface area contributed by atoms with Gasteiger partial charge in [-0.3, -0.25) is 9.69 Å². The van der Waals surface area contributed by atoms with Crippen molar-refractivity contribution >= 4 is 31.7 Å². The molecule has 1 amide bonds. The van der Waals surface area contributed by atoms with Gasteiger partial charge in [0.05, 0.1) is 10.6 Å². The maximum atomic E-state index is 12.4. The molecule has 2 fully saturated rings. The predicted molar refractivity (Wildman–Crippen MR) is 101 cm³/mol. The summed E-state index contributed by atoms with van der Waals surface area (Å²) < 4.78 is 25.6. The predicted octanol–water partition coefficient (Wildman–Crippen LogP) is 2.70. The number of sulfone groups is 1. The maximum Gasteiger partial charge on any atom is 0.223 e. The molecule has 0 bridgehead atoms. The second-order valence-electron chi connectivity index (χ2n) is 6.88. The molecular formula is C18H25BrN2O3S. The van der Waals surface area contributed by atoms with E-state index in [1.54, 1.807) is 24.3 Å². The molecular weight excluding hydrogens is 404 g/mol. The van der Waals surface area contributed by atoms with E-state index in [-0.39, 0.29) is 23.0 Å². The van der Waals surface area contributed by atoms with Crippen molar-refractivity contribution in [3.8, 4) is 0 Å². The molecule has 2 aliphatic rings. The van der Waals surface area contributed by atoms with Crippen molar-refractivity contribution in [1.29, 1.82) is 0 Å². The van der Waals surface area contributed by atoms with E-state index < -0.39 is 9.84 Å². The van der Waals surface area contributed by atoms with E-state index in [2.05, 4.69) is 20.8 Å². The van der Waals surface area contributed by atoms with Crippen molar-refractivity contribution in [3.63, 3.8) is 0 Å². The topological polar surface area (TPSA) is 57.7 Å². The zero-order chi connectivity index (χ0) is 17.9. The molecule has 0 N–H and O–H groups in total. The maximum absolute atomic E-state index is 12.4. The third kappa shape index (κ3) is 4.83. The number of piperazine rings is 1. The van der Waals surface area contributed by atoms with Gasteiger partial charge in [-0.1, -0.05) is 28.8 Å². The van der Waals surface area contributed by atoms with Crippen LogP contribution >= 0.6 is 15.9 Å². The van der Waals surface area contributed by atoms with Crippen LogP contribution in [-0.4, -0.2) is 62.1 Å². The Kier molecular flexibility index (Phi) is 6.17. The first kappa shape index (κ1) is 18.9. The molecule has 0 radical (unpaired) electrons. The third-order valence-corrected chi connectivity index (χ3v) is 7.53. The summed E-state index contributed by atoms with van der Waals surface area (Å²) in [6.07, 6.45) is 5.25. The lowest BCUT2D eigenvalue weighted by Gasteiger charge is -2.38. The molecule has 0 spiro atoms. The Hall–Kier alpha value is -0.920. The minimum atomic E-state index is -3.41. The molecule has 0 aromatic heterocycles. The Balaban J connectivity index is 1.48. The first-order valence-electron chi connectivity index (χ1n) is 8.96. The van der Waals surface area contributed by atoms with Crippen LogP contribution in [0.5, 0.6) is 0 Å². The smallest absolute Gasteiger partial charge is 0.223 e. The molecule has 1 aromatic carbocycles. The van der Waals surface area contributed by atoms with E-state index in [0.29, 0.717) is 19.1 Å². The summed E-state index contributed by atoms with van der Waals surface area (Å²) in [7, 11) is -3.41. The largest absolute Gasteiger partial charge is 0.340 e. The zero-order valence-corrected chi connectivity index (χ0v) is 16.8. The van der Waals surface area contributed by atoms with E-state index in [1.807, 2.05) is 4.90 Å². The van der Waals surface area contributed by atoms with Crippen LogP contribution in [0.25, 0.3) is 0 Å². The molecule has 0 unspecified atom stereocenters. The molecule has 1 saturated heterocycles. The number of benzene rings is 1. The Labute approximate surface area is 158 Å². The average Bonchev–Trinajstić information content (AvgIpc) is 3.15. The highest BCUT2D eigenvalue weighted by Gasteiger charge is 2.28. The summed E-state index contributed by atoms with van der Waals surface area (Å²) in [6.45, 7) is 3.26. The summed E-state index contributed by atoms with van der Waals surface area (Å²) in [4.78, 5) is 17.0. The van der Waals surface area contributed by atoms with Crippen LogP contribution in [0, 0.1) is 0 Å². The van der Waals surface area contributed by atoms with Gasteiger partial charge >= 0.3 is 0 Å². The molecule has 0 atom stereocenters. The van der Waals surface area contributed by atoms with Crippen LogP contribution in [0.4, 0.5) is 0 Å². The van der Waals surface area contributed by atoms with Crippen molar-refractivity contribution in [1.82, 2.24) is 9.80 Å². The van der Waals surface area contributed by atoms with Gasteiger partial charge in [-0.15, -0.1) is 0 Å². The van der Waals surface area contributed by atoms with Gasteiger partial charge in [-0.2, -0.15) is 0 Å². The van der Waals surface area contributed by atoms with Gasteiger partial charge in [0, 0.05) is 43.1 Å². The number of rotatable bonds is 5. The van der Waals surface area contributed by atoms with Gasteiger partial charge in [-0.05, 0) is 37.1 Å². The van der Waals surface area contributed by atoms with Crippen LogP contribution in [-0.2, 0) is 14.6 Å². The highest BCUT2D eigenvalue weighted by Crippen LogP contribution is 2.24. The van der Waals surface area contributed by atoms with Crippen molar-refractivity contribution in [3.05, 3.63) is 28.7 Å². The van der Waals surface area contributed by atoms with E-state index in [1.165, 1.54) is 25.7 Å². The minimum absolute atomic E-state index is 0.0493. The zero-order valence-electron chi connectivity index (χ0n) is 14.4. The standard InChI is InChI=1S/C18H25BrN2O3S/c19-15-5-7-17(8-6-15)25(23,24)14-9-18(22)21-12-10-20(11-13-21)16-3-1-2-4-16/h5-8,16H,1-4,9-14H2. The highest BCUT2D eigenvalue weighted by molar-refractivity contribution is 9.10. The van der Waals surface area contributed by atoms with Gasteiger partial charge in [0.15, 0.2) is 9.84 Å². The first-order valence-corrected chi connectivity index (χ1v) is 11.4. The summed E-state index contributed by atoms with van der Waals surface area (Å²) >= 11 is 3.30. The number of hydrogen-bond donors (Lipinski definition) is 0. The average molecular weight is 429 g/mol. The molecule has 1 aromatic rings. The number of carbonyl (C=O) groups excluding carboxylic acids is 1. The molecule has 1 aliphatic heterocycles. The molecule has 1 aliphatic carbocycles. The second-order valence-corrected chi connectivity index (χ2v) is 9.90. The van der Waals surface area contributed by atoms with Crippen LogP contribution in [0.15, 0.2) is 33.6 Å². The fourth-order valence-electron chi connectivity index (χ4n) is 3.75. The number of carbonyl (C=O) groups is 1. The van der Waals surface area contributed by atoms with E-state index in [0.717, 1.165) is 17.6 Å². The normalized spacial score (nSPS) is 20.1. The van der Waals surface area contributed by atoms with Crippen LogP contribution in [0.2, 0.25) is 0 Å².